The molecule has 0 N–H and O–H groups in total. The highest BCUT2D eigenvalue weighted by molar-refractivity contribution is 7.91. The molecule has 0 radical (unpaired) electrons. The van der Waals surface area contributed by atoms with Crippen molar-refractivity contribution in [1.82, 2.24) is 9.88 Å². The minimum Gasteiger partial charge on any atom is -0.338 e. The van der Waals surface area contributed by atoms with Gasteiger partial charge in [0.1, 0.15) is 15.7 Å². The number of pyridine rings is 1. The lowest BCUT2D eigenvalue weighted by molar-refractivity contribution is 0.0726. The molecule has 3 aromatic rings. The van der Waals surface area contributed by atoms with E-state index in [0.717, 1.165) is 5.56 Å². The van der Waals surface area contributed by atoms with E-state index >= 15 is 0 Å². The van der Waals surface area contributed by atoms with E-state index in [0.29, 0.717) is 53.5 Å². The van der Waals surface area contributed by atoms with E-state index in [1.807, 2.05) is 38.1 Å². The molecule has 34 heavy (non-hydrogen) atoms. The van der Waals surface area contributed by atoms with Crippen LogP contribution in [0.3, 0.4) is 0 Å². The summed E-state index contributed by atoms with van der Waals surface area (Å²) in [5, 5.41) is 9.52. The number of hydrogen-bond donors (Lipinski definition) is 0. The van der Waals surface area contributed by atoms with E-state index in [2.05, 4.69) is 11.1 Å². The Hall–Kier alpha value is -3.31. The Balaban J connectivity index is 1.79. The van der Waals surface area contributed by atoms with Crippen molar-refractivity contribution in [2.75, 3.05) is 19.3 Å². The van der Waals surface area contributed by atoms with E-state index in [4.69, 9.17) is 0 Å². The average Bonchev–Trinajstić information content (AvgIpc) is 2.82. The molecule has 0 atom stereocenters. The SMILES string of the molecule is CC(C)(C#N)c1ccc(-c2c(C(=O)N3CCC(S(C)(=O)=O)CC3)cnc3ccc(F)cc23)cc1. The molecule has 1 amide bonds. The Kier molecular flexibility index (Phi) is 6.17. The summed E-state index contributed by atoms with van der Waals surface area (Å²) in [6.45, 7) is 4.31. The van der Waals surface area contributed by atoms with Gasteiger partial charge in [0.25, 0.3) is 5.91 Å². The standard InChI is InChI=1S/C26H26FN3O3S/c1-26(2,16-28)18-6-4-17(5-7-18)24-21-14-19(27)8-9-23(21)29-15-22(24)25(31)30-12-10-20(11-13-30)34(3,32)33/h4-9,14-15,20H,10-13H2,1-3H3. The molecule has 2 aromatic carbocycles. The molecule has 8 heteroatoms. The third-order valence-corrected chi connectivity index (χ3v) is 8.25. The zero-order chi connectivity index (χ0) is 24.7. The van der Waals surface area contributed by atoms with Gasteiger partial charge in [-0.25, -0.2) is 12.8 Å². The number of carbonyl (C=O) groups excluding carboxylic acids is 1. The van der Waals surface area contributed by atoms with Crippen molar-refractivity contribution in [2.45, 2.75) is 37.4 Å². The van der Waals surface area contributed by atoms with E-state index < -0.39 is 26.3 Å². The quantitative estimate of drug-likeness (QED) is 0.550. The van der Waals surface area contributed by atoms with Gasteiger partial charge in [-0.2, -0.15) is 5.26 Å². The van der Waals surface area contributed by atoms with Crippen LogP contribution in [0.1, 0.15) is 42.6 Å². The van der Waals surface area contributed by atoms with Crippen molar-refractivity contribution in [2.24, 2.45) is 0 Å². The Morgan fingerprint density at radius 2 is 1.79 bits per heavy atom. The van der Waals surface area contributed by atoms with Crippen LogP contribution in [0.2, 0.25) is 0 Å². The molecule has 176 valence electrons. The maximum absolute atomic E-state index is 14.2. The van der Waals surface area contributed by atoms with E-state index in [1.54, 1.807) is 11.0 Å². The second kappa shape index (κ2) is 8.80. The summed E-state index contributed by atoms with van der Waals surface area (Å²) in [5.74, 6) is -0.696. The molecule has 0 saturated carbocycles. The number of carbonyl (C=O) groups is 1. The lowest BCUT2D eigenvalue weighted by atomic mass is 9.85. The number of likely N-dealkylation sites (tertiary alicyclic amines) is 1. The first kappa shape index (κ1) is 23.8. The van der Waals surface area contributed by atoms with Gasteiger partial charge in [-0.1, -0.05) is 24.3 Å². The fourth-order valence-electron chi connectivity index (χ4n) is 4.41. The summed E-state index contributed by atoms with van der Waals surface area (Å²) < 4.78 is 38.0. The van der Waals surface area contributed by atoms with Crippen molar-refractivity contribution in [3.8, 4) is 17.2 Å². The third-order valence-electron chi connectivity index (χ3n) is 6.57. The minimum atomic E-state index is -3.16. The van der Waals surface area contributed by atoms with Crippen LogP contribution in [0.25, 0.3) is 22.0 Å². The fourth-order valence-corrected chi connectivity index (χ4v) is 5.48. The van der Waals surface area contributed by atoms with Gasteiger partial charge in [-0.15, -0.1) is 0 Å². The minimum absolute atomic E-state index is 0.262. The highest BCUT2D eigenvalue weighted by Crippen LogP contribution is 2.34. The normalized spacial score (nSPS) is 15.3. The summed E-state index contributed by atoms with van der Waals surface area (Å²) in [4.78, 5) is 19.6. The fraction of sp³-hybridized carbons (Fsp3) is 0.346. The third kappa shape index (κ3) is 4.53. The summed E-state index contributed by atoms with van der Waals surface area (Å²) in [7, 11) is -3.16. The molecule has 1 fully saturated rings. The molecule has 0 unspecified atom stereocenters. The summed E-state index contributed by atoms with van der Waals surface area (Å²) >= 11 is 0. The Morgan fingerprint density at radius 1 is 1.15 bits per heavy atom. The Morgan fingerprint density at radius 3 is 2.38 bits per heavy atom. The number of sulfone groups is 1. The molecular formula is C26H26FN3O3S. The highest BCUT2D eigenvalue weighted by atomic mass is 32.2. The Bertz CT molecular complexity index is 1400. The summed E-state index contributed by atoms with van der Waals surface area (Å²) in [6, 6.07) is 13.9. The molecule has 6 nitrogen and oxygen atoms in total. The van der Waals surface area contributed by atoms with Gasteiger partial charge in [0, 0.05) is 36.5 Å². The molecule has 1 aliphatic heterocycles. The van der Waals surface area contributed by atoms with E-state index in [9.17, 15) is 22.9 Å². The number of piperidine rings is 1. The number of benzene rings is 2. The molecular weight excluding hydrogens is 453 g/mol. The zero-order valence-corrected chi connectivity index (χ0v) is 20.2. The van der Waals surface area contributed by atoms with Crippen molar-refractivity contribution >= 4 is 26.6 Å². The van der Waals surface area contributed by atoms with Crippen LogP contribution in [0.15, 0.2) is 48.7 Å². The Labute approximate surface area is 199 Å². The molecule has 1 saturated heterocycles. The topological polar surface area (TPSA) is 91.1 Å². The first-order valence-electron chi connectivity index (χ1n) is 11.1. The second-order valence-electron chi connectivity index (χ2n) is 9.34. The number of nitrogens with zero attached hydrogens (tertiary/aromatic N) is 3. The first-order valence-corrected chi connectivity index (χ1v) is 13.1. The molecule has 2 heterocycles. The van der Waals surface area contributed by atoms with Crippen LogP contribution >= 0.6 is 0 Å². The smallest absolute Gasteiger partial charge is 0.256 e. The van der Waals surface area contributed by atoms with Crippen LogP contribution in [0.4, 0.5) is 4.39 Å². The number of rotatable bonds is 4. The summed E-state index contributed by atoms with van der Waals surface area (Å²) in [6.07, 6.45) is 3.50. The van der Waals surface area contributed by atoms with Crippen molar-refractivity contribution in [3.05, 3.63) is 65.6 Å². The summed E-state index contributed by atoms with van der Waals surface area (Å²) in [5.41, 5.74) is 2.34. The number of hydrogen-bond acceptors (Lipinski definition) is 5. The highest BCUT2D eigenvalue weighted by Gasteiger charge is 2.31. The van der Waals surface area contributed by atoms with Gasteiger partial charge in [0.2, 0.25) is 0 Å². The molecule has 0 aliphatic carbocycles. The molecule has 1 aliphatic rings. The average molecular weight is 480 g/mol. The lowest BCUT2D eigenvalue weighted by Crippen LogP contribution is -2.42. The van der Waals surface area contributed by atoms with E-state index in [1.165, 1.54) is 24.6 Å². The van der Waals surface area contributed by atoms with Crippen LogP contribution in [-0.4, -0.2) is 48.8 Å². The van der Waals surface area contributed by atoms with Crippen molar-refractivity contribution < 1.29 is 17.6 Å². The van der Waals surface area contributed by atoms with Gasteiger partial charge in [-0.05, 0) is 56.0 Å². The van der Waals surface area contributed by atoms with Gasteiger partial charge < -0.3 is 4.90 Å². The van der Waals surface area contributed by atoms with Crippen LogP contribution < -0.4 is 0 Å². The number of nitriles is 1. The first-order chi connectivity index (χ1) is 16.0. The predicted octanol–water partition coefficient (Wildman–Crippen LogP) is 4.49. The van der Waals surface area contributed by atoms with Gasteiger partial charge >= 0.3 is 0 Å². The number of aromatic nitrogens is 1. The van der Waals surface area contributed by atoms with Gasteiger partial charge in [0.15, 0.2) is 0 Å². The number of amides is 1. The van der Waals surface area contributed by atoms with Crippen LogP contribution in [-0.2, 0) is 15.3 Å². The monoisotopic (exact) mass is 479 g/mol. The molecule has 0 spiro atoms. The second-order valence-corrected chi connectivity index (χ2v) is 11.7. The molecule has 1 aromatic heterocycles. The number of fused-ring (bicyclic) bond motifs is 1. The van der Waals surface area contributed by atoms with E-state index in [-0.39, 0.29) is 5.91 Å². The lowest BCUT2D eigenvalue weighted by Gasteiger charge is -2.31. The number of halogens is 1. The molecule has 0 bridgehead atoms. The van der Waals surface area contributed by atoms with Gasteiger partial charge in [-0.3, -0.25) is 9.78 Å². The predicted molar refractivity (Wildman–Crippen MR) is 130 cm³/mol. The largest absolute Gasteiger partial charge is 0.338 e. The van der Waals surface area contributed by atoms with Gasteiger partial charge in [0.05, 0.1) is 27.8 Å². The van der Waals surface area contributed by atoms with Crippen LogP contribution in [0, 0.1) is 17.1 Å². The molecule has 4 rings (SSSR count). The van der Waals surface area contributed by atoms with Crippen LogP contribution in [0.5, 0.6) is 0 Å². The van der Waals surface area contributed by atoms with Crippen molar-refractivity contribution in [3.63, 3.8) is 0 Å². The maximum Gasteiger partial charge on any atom is 0.256 e. The maximum atomic E-state index is 14.2. The zero-order valence-electron chi connectivity index (χ0n) is 19.4. The van der Waals surface area contributed by atoms with Crippen molar-refractivity contribution in [1.29, 1.82) is 5.26 Å².